The molecule has 1 aromatic heterocycles. The maximum absolute atomic E-state index is 12.7. The second-order valence-electron chi connectivity index (χ2n) is 5.32. The average molecular weight is 324 g/mol. The van der Waals surface area contributed by atoms with Crippen LogP contribution in [0.3, 0.4) is 0 Å². The molecule has 7 heteroatoms. The van der Waals surface area contributed by atoms with Crippen LogP contribution in [0.4, 0.5) is 13.2 Å². The minimum atomic E-state index is -4.44. The molecule has 2 aromatic rings. The zero-order valence-electron chi connectivity index (χ0n) is 11.4. The van der Waals surface area contributed by atoms with E-state index >= 15 is 0 Å². The Kier molecular flexibility index (Phi) is 3.65. The zero-order chi connectivity index (χ0) is 15.9. The number of carbonyl (C=O) groups excluding carboxylic acids is 1. The number of thiazole rings is 1. The van der Waals surface area contributed by atoms with Crippen molar-refractivity contribution in [3.05, 3.63) is 28.8 Å². The smallest absolute Gasteiger partial charge is 0.297 e. The van der Waals surface area contributed by atoms with Crippen LogP contribution in [0, 0.1) is 17.2 Å². The van der Waals surface area contributed by atoms with E-state index < -0.39 is 17.7 Å². The van der Waals surface area contributed by atoms with E-state index in [1.54, 1.807) is 0 Å². The second-order valence-corrected chi connectivity index (χ2v) is 6.39. The van der Waals surface area contributed by atoms with E-state index in [0.29, 0.717) is 4.70 Å². The van der Waals surface area contributed by atoms with Gasteiger partial charge < -0.3 is 0 Å². The van der Waals surface area contributed by atoms with Crippen molar-refractivity contribution in [1.82, 2.24) is 4.98 Å². The van der Waals surface area contributed by atoms with Crippen LogP contribution in [0.25, 0.3) is 10.2 Å². The monoisotopic (exact) mass is 324 g/mol. The lowest BCUT2D eigenvalue weighted by molar-refractivity contribution is -0.137. The molecule has 114 valence electrons. The van der Waals surface area contributed by atoms with Crippen LogP contribution < -0.4 is 0 Å². The molecule has 1 saturated carbocycles. The van der Waals surface area contributed by atoms with Gasteiger partial charge in [0.2, 0.25) is 0 Å². The van der Waals surface area contributed by atoms with Crippen LogP contribution >= 0.6 is 11.3 Å². The van der Waals surface area contributed by atoms with Crippen LogP contribution in [-0.4, -0.2) is 10.8 Å². The molecule has 1 aliphatic rings. The van der Waals surface area contributed by atoms with E-state index in [2.05, 4.69) is 4.98 Å². The van der Waals surface area contributed by atoms with Crippen LogP contribution in [0.1, 0.15) is 35.8 Å². The maximum Gasteiger partial charge on any atom is 0.416 e. The first kappa shape index (κ1) is 15.0. The SMILES string of the molecule is N#C[C@@H](C(=O)C1CCC1)c1nc2cc(C(F)(F)F)ccc2s1. The Hall–Kier alpha value is -1.94. The van der Waals surface area contributed by atoms with Crippen molar-refractivity contribution in [1.29, 1.82) is 5.26 Å². The quantitative estimate of drug-likeness (QED) is 0.846. The standard InChI is InChI=1S/C15H11F3N2OS/c16-15(17,18)9-4-5-12-11(6-9)20-14(22-12)10(7-19)13(21)8-2-1-3-8/h4-6,8,10H,1-3H2/t10-/m0/s1. The van der Waals surface area contributed by atoms with E-state index in [9.17, 15) is 23.2 Å². The molecular weight excluding hydrogens is 313 g/mol. The molecule has 3 nitrogen and oxygen atoms in total. The highest BCUT2D eigenvalue weighted by molar-refractivity contribution is 7.18. The number of aromatic nitrogens is 1. The van der Waals surface area contributed by atoms with Crippen LogP contribution in [0.5, 0.6) is 0 Å². The molecule has 0 aliphatic heterocycles. The molecule has 1 aromatic carbocycles. The summed E-state index contributed by atoms with van der Waals surface area (Å²) in [5.74, 6) is -1.25. The Labute approximate surface area is 128 Å². The van der Waals surface area contributed by atoms with E-state index in [-0.39, 0.29) is 22.2 Å². The number of rotatable bonds is 3. The summed E-state index contributed by atoms with van der Waals surface area (Å²) in [6, 6.07) is 5.23. The molecular formula is C15H11F3N2OS. The van der Waals surface area contributed by atoms with Crippen LogP contribution in [-0.2, 0) is 11.0 Å². The molecule has 3 rings (SSSR count). The molecule has 0 N–H and O–H groups in total. The van der Waals surface area contributed by atoms with Gasteiger partial charge in [-0.1, -0.05) is 6.42 Å². The molecule has 0 radical (unpaired) electrons. The average Bonchev–Trinajstić information content (AvgIpc) is 2.78. The van der Waals surface area contributed by atoms with Gasteiger partial charge in [0.15, 0.2) is 11.7 Å². The van der Waals surface area contributed by atoms with Crippen molar-refractivity contribution < 1.29 is 18.0 Å². The first-order valence-electron chi connectivity index (χ1n) is 6.81. The lowest BCUT2D eigenvalue weighted by Gasteiger charge is -2.24. The molecule has 0 bridgehead atoms. The number of fused-ring (bicyclic) bond motifs is 1. The van der Waals surface area contributed by atoms with Gasteiger partial charge in [0.05, 0.1) is 21.8 Å². The van der Waals surface area contributed by atoms with Crippen LogP contribution in [0.15, 0.2) is 18.2 Å². The Morgan fingerprint density at radius 2 is 2.14 bits per heavy atom. The summed E-state index contributed by atoms with van der Waals surface area (Å²) >= 11 is 1.11. The fourth-order valence-corrected chi connectivity index (χ4v) is 3.42. The number of nitrogens with zero attached hydrogens (tertiary/aromatic N) is 2. The molecule has 0 spiro atoms. The molecule has 1 atom stereocenters. The van der Waals surface area contributed by atoms with Gasteiger partial charge in [-0.15, -0.1) is 11.3 Å². The van der Waals surface area contributed by atoms with Gasteiger partial charge in [-0.3, -0.25) is 4.79 Å². The predicted molar refractivity (Wildman–Crippen MR) is 75.3 cm³/mol. The largest absolute Gasteiger partial charge is 0.416 e. The molecule has 1 aliphatic carbocycles. The second kappa shape index (κ2) is 5.36. The van der Waals surface area contributed by atoms with Gasteiger partial charge in [0, 0.05) is 5.92 Å². The summed E-state index contributed by atoms with van der Waals surface area (Å²) in [6.07, 6.45) is -1.90. The summed E-state index contributed by atoms with van der Waals surface area (Å²) in [6.45, 7) is 0. The minimum absolute atomic E-state index is 0.109. The van der Waals surface area contributed by atoms with Gasteiger partial charge >= 0.3 is 6.18 Å². The fraction of sp³-hybridized carbons (Fsp3) is 0.400. The van der Waals surface area contributed by atoms with E-state index in [4.69, 9.17) is 0 Å². The molecule has 0 unspecified atom stereocenters. The summed E-state index contributed by atoms with van der Waals surface area (Å²) in [7, 11) is 0. The number of carbonyl (C=O) groups is 1. The van der Waals surface area contributed by atoms with Gasteiger partial charge in [0.25, 0.3) is 0 Å². The number of hydrogen-bond donors (Lipinski definition) is 0. The highest BCUT2D eigenvalue weighted by Gasteiger charge is 2.34. The number of ketones is 1. The van der Waals surface area contributed by atoms with Crippen molar-refractivity contribution in [2.75, 3.05) is 0 Å². The molecule has 1 fully saturated rings. The molecule has 22 heavy (non-hydrogen) atoms. The lowest BCUT2D eigenvalue weighted by Crippen LogP contribution is -2.26. The Bertz CT molecular complexity index is 771. The first-order valence-corrected chi connectivity index (χ1v) is 7.63. The Morgan fingerprint density at radius 3 is 2.68 bits per heavy atom. The zero-order valence-corrected chi connectivity index (χ0v) is 12.2. The first-order chi connectivity index (χ1) is 10.4. The van der Waals surface area contributed by atoms with Crippen molar-refractivity contribution in [2.45, 2.75) is 31.4 Å². The fourth-order valence-electron chi connectivity index (χ4n) is 2.41. The highest BCUT2D eigenvalue weighted by Crippen LogP contribution is 2.37. The third kappa shape index (κ3) is 2.59. The Morgan fingerprint density at radius 1 is 1.41 bits per heavy atom. The third-order valence-electron chi connectivity index (χ3n) is 3.90. The van der Waals surface area contributed by atoms with Gasteiger partial charge in [-0.25, -0.2) is 4.98 Å². The number of alkyl halides is 3. The lowest BCUT2D eigenvalue weighted by atomic mass is 9.78. The number of nitriles is 1. The van der Waals surface area contributed by atoms with Gasteiger partial charge in [-0.2, -0.15) is 18.4 Å². The normalized spacial score (nSPS) is 17.0. The number of benzene rings is 1. The molecule has 0 saturated heterocycles. The predicted octanol–water partition coefficient (Wildman–Crippen LogP) is 4.29. The number of Topliss-reactive ketones (excluding diaryl/α,β-unsaturated/α-hetero) is 1. The topological polar surface area (TPSA) is 53.8 Å². The van der Waals surface area contributed by atoms with Crippen molar-refractivity contribution >= 4 is 27.3 Å². The number of halogens is 3. The minimum Gasteiger partial charge on any atom is -0.297 e. The third-order valence-corrected chi connectivity index (χ3v) is 5.00. The molecule has 0 amide bonds. The van der Waals surface area contributed by atoms with Gasteiger partial charge in [0.1, 0.15) is 5.01 Å². The van der Waals surface area contributed by atoms with E-state index in [1.165, 1.54) is 6.07 Å². The van der Waals surface area contributed by atoms with E-state index in [1.807, 2.05) is 6.07 Å². The summed E-state index contributed by atoms with van der Waals surface area (Å²) < 4.78 is 38.7. The summed E-state index contributed by atoms with van der Waals surface area (Å²) in [5.41, 5.74) is -0.604. The van der Waals surface area contributed by atoms with Crippen molar-refractivity contribution in [3.63, 3.8) is 0 Å². The molecule has 1 heterocycles. The summed E-state index contributed by atoms with van der Waals surface area (Å²) in [5, 5.41) is 9.53. The highest BCUT2D eigenvalue weighted by atomic mass is 32.1. The van der Waals surface area contributed by atoms with E-state index in [0.717, 1.165) is 42.7 Å². The van der Waals surface area contributed by atoms with Crippen LogP contribution in [0.2, 0.25) is 0 Å². The summed E-state index contributed by atoms with van der Waals surface area (Å²) in [4.78, 5) is 16.3. The van der Waals surface area contributed by atoms with Crippen molar-refractivity contribution in [2.24, 2.45) is 5.92 Å². The number of hydrogen-bond acceptors (Lipinski definition) is 4. The Balaban J connectivity index is 1.97. The maximum atomic E-state index is 12.7. The van der Waals surface area contributed by atoms with Gasteiger partial charge in [-0.05, 0) is 31.0 Å². The van der Waals surface area contributed by atoms with Crippen molar-refractivity contribution in [3.8, 4) is 6.07 Å².